The first-order valence-corrected chi connectivity index (χ1v) is 12.7. The van der Waals surface area contributed by atoms with Gasteiger partial charge in [-0.15, -0.1) is 11.3 Å². The van der Waals surface area contributed by atoms with Gasteiger partial charge in [-0.1, -0.05) is 43.2 Å². The minimum atomic E-state index is 0.0708. The number of carbonyl (C=O) groups excluding carboxylic acids is 1. The first-order chi connectivity index (χ1) is 15.6. The van der Waals surface area contributed by atoms with Crippen LogP contribution in [0.15, 0.2) is 36.7 Å². The van der Waals surface area contributed by atoms with E-state index in [2.05, 4.69) is 58.3 Å². The summed E-state index contributed by atoms with van der Waals surface area (Å²) >= 11 is 1.74. The molecule has 32 heavy (non-hydrogen) atoms. The lowest BCUT2D eigenvalue weighted by Gasteiger charge is -2.34. The summed E-state index contributed by atoms with van der Waals surface area (Å²) in [4.78, 5) is 27.1. The molecule has 2 aromatic heterocycles. The Kier molecular flexibility index (Phi) is 6.13. The number of aryl methyl sites for hydroxylation is 2. The summed E-state index contributed by atoms with van der Waals surface area (Å²) in [5, 5.41) is 4.64. The first-order valence-electron chi connectivity index (χ1n) is 11.9. The van der Waals surface area contributed by atoms with E-state index in [1.165, 1.54) is 47.1 Å². The van der Waals surface area contributed by atoms with Gasteiger partial charge >= 0.3 is 0 Å². The van der Waals surface area contributed by atoms with E-state index in [4.69, 9.17) is 0 Å². The predicted octanol–water partition coefficient (Wildman–Crippen LogP) is 5.57. The fraction of sp³-hybridized carbons (Fsp3) is 0.500. The highest BCUT2D eigenvalue weighted by atomic mass is 32.1. The van der Waals surface area contributed by atoms with Crippen LogP contribution in [0, 0.1) is 25.7 Å². The summed E-state index contributed by atoms with van der Waals surface area (Å²) in [6.45, 7) is 6.03. The Morgan fingerprint density at radius 3 is 2.50 bits per heavy atom. The summed E-state index contributed by atoms with van der Waals surface area (Å²) in [5.41, 5.74) is 2.53. The van der Waals surface area contributed by atoms with Gasteiger partial charge in [0.05, 0.1) is 11.4 Å². The molecule has 1 aliphatic carbocycles. The van der Waals surface area contributed by atoms with Crippen molar-refractivity contribution in [1.29, 1.82) is 0 Å². The van der Waals surface area contributed by atoms with Crippen LogP contribution in [0.2, 0.25) is 0 Å². The molecule has 1 unspecified atom stereocenters. The van der Waals surface area contributed by atoms with E-state index in [1.807, 2.05) is 6.07 Å². The van der Waals surface area contributed by atoms with Gasteiger partial charge in [-0.2, -0.15) is 0 Å². The topological polar surface area (TPSA) is 58.1 Å². The van der Waals surface area contributed by atoms with Crippen LogP contribution >= 0.6 is 11.3 Å². The molecule has 0 radical (unpaired) electrons. The van der Waals surface area contributed by atoms with Gasteiger partial charge in [-0.3, -0.25) is 4.79 Å². The van der Waals surface area contributed by atoms with Crippen LogP contribution in [-0.2, 0) is 4.79 Å². The number of nitrogens with zero attached hydrogens (tertiary/aromatic N) is 3. The number of thiophene rings is 1. The average Bonchev–Trinajstić information content (AvgIpc) is 3.46. The van der Waals surface area contributed by atoms with Crippen molar-refractivity contribution < 1.29 is 4.79 Å². The number of anilines is 1. The smallest absolute Gasteiger partial charge is 0.223 e. The number of aromatic nitrogens is 2. The predicted molar refractivity (Wildman–Crippen MR) is 131 cm³/mol. The monoisotopic (exact) mass is 448 g/mol. The fourth-order valence-corrected chi connectivity index (χ4v) is 6.44. The van der Waals surface area contributed by atoms with Crippen LogP contribution < -0.4 is 10.2 Å². The third-order valence-corrected chi connectivity index (χ3v) is 8.55. The van der Waals surface area contributed by atoms with Crippen molar-refractivity contribution in [2.75, 3.05) is 18.0 Å². The Morgan fingerprint density at radius 2 is 1.78 bits per heavy atom. The highest BCUT2D eigenvalue weighted by molar-refractivity contribution is 7.18. The van der Waals surface area contributed by atoms with Gasteiger partial charge in [0, 0.05) is 23.9 Å². The Bertz CT molecular complexity index is 1080. The number of carbonyl (C=O) groups is 1. The van der Waals surface area contributed by atoms with E-state index in [1.54, 1.807) is 17.7 Å². The Morgan fingerprint density at radius 1 is 1.06 bits per heavy atom. The Hall–Kier alpha value is -2.47. The zero-order chi connectivity index (χ0) is 22.1. The van der Waals surface area contributed by atoms with Crippen molar-refractivity contribution in [2.24, 2.45) is 11.8 Å². The summed E-state index contributed by atoms with van der Waals surface area (Å²) in [5.74, 6) is 1.88. The maximum Gasteiger partial charge on any atom is 0.223 e. The molecule has 2 aliphatic rings. The van der Waals surface area contributed by atoms with E-state index in [0.717, 1.165) is 36.6 Å². The molecule has 6 heteroatoms. The number of nitrogens with one attached hydrogen (secondary N) is 1. The molecule has 1 atom stereocenters. The van der Waals surface area contributed by atoms with Gasteiger partial charge in [0.1, 0.15) is 17.0 Å². The SMILES string of the molecule is Cc1sc2ncnc(N3CCC(C(=O)NC(c4ccccc4)C4CCCC4)CC3)c2c1C. The first kappa shape index (κ1) is 21.4. The van der Waals surface area contributed by atoms with E-state index in [-0.39, 0.29) is 17.9 Å². The van der Waals surface area contributed by atoms with Gasteiger partial charge in [0.25, 0.3) is 0 Å². The zero-order valence-electron chi connectivity index (χ0n) is 19.0. The molecule has 5 rings (SSSR count). The molecule has 0 bridgehead atoms. The van der Waals surface area contributed by atoms with Crippen molar-refractivity contribution in [3.05, 3.63) is 52.7 Å². The second-order valence-corrected chi connectivity index (χ2v) is 10.6. The average molecular weight is 449 g/mol. The van der Waals surface area contributed by atoms with E-state index >= 15 is 0 Å². The van der Waals surface area contributed by atoms with Crippen LogP contribution in [0.4, 0.5) is 5.82 Å². The van der Waals surface area contributed by atoms with Crippen LogP contribution in [0.5, 0.6) is 0 Å². The minimum absolute atomic E-state index is 0.0708. The molecule has 1 aliphatic heterocycles. The van der Waals surface area contributed by atoms with Gasteiger partial charge in [0.2, 0.25) is 5.91 Å². The molecule has 3 aromatic rings. The lowest BCUT2D eigenvalue weighted by molar-refractivity contribution is -0.126. The van der Waals surface area contributed by atoms with E-state index < -0.39 is 0 Å². The summed E-state index contributed by atoms with van der Waals surface area (Å²) in [6.07, 6.45) is 8.38. The molecular formula is C26H32N4OS. The van der Waals surface area contributed by atoms with Gasteiger partial charge in [0.15, 0.2) is 0 Å². The fourth-order valence-electron chi connectivity index (χ4n) is 5.45. The third-order valence-electron chi connectivity index (χ3n) is 7.44. The molecule has 1 aromatic carbocycles. The van der Waals surface area contributed by atoms with Crippen molar-refractivity contribution in [3.8, 4) is 0 Å². The number of fused-ring (bicyclic) bond motifs is 1. The van der Waals surface area contributed by atoms with Gasteiger partial charge < -0.3 is 10.2 Å². The maximum absolute atomic E-state index is 13.3. The number of hydrogen-bond acceptors (Lipinski definition) is 5. The highest BCUT2D eigenvalue weighted by Crippen LogP contribution is 2.37. The van der Waals surface area contributed by atoms with Crippen molar-refractivity contribution in [3.63, 3.8) is 0 Å². The molecule has 1 saturated heterocycles. The minimum Gasteiger partial charge on any atom is -0.356 e. The Labute approximate surface area is 194 Å². The molecule has 168 valence electrons. The lowest BCUT2D eigenvalue weighted by Crippen LogP contribution is -2.43. The third kappa shape index (κ3) is 4.13. The molecular weight excluding hydrogens is 416 g/mol. The molecule has 2 fully saturated rings. The molecule has 1 N–H and O–H groups in total. The molecule has 3 heterocycles. The quantitative estimate of drug-likeness (QED) is 0.554. The number of hydrogen-bond donors (Lipinski definition) is 1. The van der Waals surface area contributed by atoms with Crippen LogP contribution in [0.25, 0.3) is 10.2 Å². The number of benzene rings is 1. The molecule has 0 spiro atoms. The lowest BCUT2D eigenvalue weighted by atomic mass is 9.89. The number of piperidine rings is 1. The van der Waals surface area contributed by atoms with Gasteiger partial charge in [-0.25, -0.2) is 9.97 Å². The van der Waals surface area contributed by atoms with Crippen LogP contribution in [-0.4, -0.2) is 29.0 Å². The maximum atomic E-state index is 13.3. The zero-order valence-corrected chi connectivity index (χ0v) is 19.8. The summed E-state index contributed by atoms with van der Waals surface area (Å²) in [7, 11) is 0. The second kappa shape index (κ2) is 9.18. The molecule has 1 saturated carbocycles. The van der Waals surface area contributed by atoms with Gasteiger partial charge in [-0.05, 0) is 56.6 Å². The summed E-state index contributed by atoms with van der Waals surface area (Å²) < 4.78 is 0. The number of rotatable bonds is 5. The highest BCUT2D eigenvalue weighted by Gasteiger charge is 2.32. The molecule has 1 amide bonds. The van der Waals surface area contributed by atoms with E-state index in [9.17, 15) is 4.79 Å². The summed E-state index contributed by atoms with van der Waals surface area (Å²) in [6, 6.07) is 10.7. The van der Waals surface area contributed by atoms with Crippen molar-refractivity contribution >= 4 is 33.3 Å². The van der Waals surface area contributed by atoms with E-state index in [0.29, 0.717) is 5.92 Å². The number of amides is 1. The molecule has 5 nitrogen and oxygen atoms in total. The normalized spacial score (nSPS) is 18.9. The van der Waals surface area contributed by atoms with Crippen LogP contribution in [0.3, 0.4) is 0 Å². The van der Waals surface area contributed by atoms with Crippen molar-refractivity contribution in [2.45, 2.75) is 58.4 Å². The standard InChI is InChI=1S/C26H32N4OS/c1-17-18(2)32-26-22(17)24(27-16-28-26)30-14-12-21(13-15-30)25(31)29-23(20-10-6-7-11-20)19-8-4-3-5-9-19/h3-5,8-9,16,20-21,23H,6-7,10-15H2,1-2H3,(H,29,31). The largest absolute Gasteiger partial charge is 0.356 e. The van der Waals surface area contributed by atoms with Crippen molar-refractivity contribution in [1.82, 2.24) is 15.3 Å². The second-order valence-electron chi connectivity index (χ2n) is 9.36. The Balaban J connectivity index is 1.27. The van der Waals surface area contributed by atoms with Crippen LogP contribution in [0.1, 0.15) is 60.6 Å².